The third-order valence-corrected chi connectivity index (χ3v) is 1.05. The van der Waals surface area contributed by atoms with E-state index in [0.29, 0.717) is 11.2 Å². The van der Waals surface area contributed by atoms with Crippen LogP contribution in [0.25, 0.3) is 0 Å². The highest BCUT2D eigenvalue weighted by atomic mass is 19.1. The van der Waals surface area contributed by atoms with Crippen molar-refractivity contribution in [2.24, 2.45) is 0 Å². The second-order valence-electron chi connectivity index (χ2n) is 1.84. The van der Waals surface area contributed by atoms with Crippen LogP contribution in [0.2, 0.25) is 0 Å². The van der Waals surface area contributed by atoms with Gasteiger partial charge in [-0.25, -0.2) is 4.39 Å². The Bertz CT molecular complexity index is 233. The minimum atomic E-state index is -0.352. The molecule has 0 spiro atoms. The molecule has 1 heterocycles. The highest BCUT2D eigenvalue weighted by Gasteiger charge is 1.94. The zero-order chi connectivity index (χ0) is 6.85. The topological polar surface area (TPSA) is 47.9 Å². The molecule has 0 aliphatic rings. The van der Waals surface area contributed by atoms with Gasteiger partial charge in [-0.1, -0.05) is 5.46 Å². The first-order valence-corrected chi connectivity index (χ1v) is 2.58. The van der Waals surface area contributed by atoms with Crippen LogP contribution in [-0.4, -0.2) is 21.2 Å². The van der Waals surface area contributed by atoms with Crippen LogP contribution in [0.15, 0.2) is 12.3 Å². The second kappa shape index (κ2) is 6.79. The Labute approximate surface area is 73.5 Å². The van der Waals surface area contributed by atoms with Gasteiger partial charge in [-0.2, -0.15) is 0 Å². The summed E-state index contributed by atoms with van der Waals surface area (Å²) in [6, 6.07) is 1.25. The van der Waals surface area contributed by atoms with Gasteiger partial charge < -0.3 is 6.15 Å². The lowest BCUT2D eigenvalue weighted by molar-refractivity contribution is 0.611. The SMILES string of the molecule is F.N.[B].[B]c1cnc(C)c(F)c1. The van der Waals surface area contributed by atoms with Crippen molar-refractivity contribution < 1.29 is 9.09 Å². The Morgan fingerprint density at radius 1 is 1.50 bits per heavy atom. The van der Waals surface area contributed by atoms with Crippen LogP contribution >= 0.6 is 0 Å². The molecular formula is C6H9B2F2N2. The van der Waals surface area contributed by atoms with Crippen molar-refractivity contribution in [2.45, 2.75) is 6.92 Å². The first-order chi connectivity index (χ1) is 4.20. The molecule has 0 fully saturated rings. The Kier molecular flexibility index (Phi) is 9.76. The summed E-state index contributed by atoms with van der Waals surface area (Å²) in [7, 11) is 5.22. The Balaban J connectivity index is -0.000000270. The van der Waals surface area contributed by atoms with Gasteiger partial charge in [-0.05, 0) is 13.0 Å². The average molecular weight is 169 g/mol. The van der Waals surface area contributed by atoms with Crippen molar-refractivity contribution >= 4 is 21.7 Å². The summed E-state index contributed by atoms with van der Waals surface area (Å²) >= 11 is 0. The van der Waals surface area contributed by atoms with Crippen LogP contribution in [0.1, 0.15) is 5.69 Å². The van der Waals surface area contributed by atoms with Gasteiger partial charge in [0.2, 0.25) is 0 Å². The van der Waals surface area contributed by atoms with E-state index in [4.69, 9.17) is 7.85 Å². The van der Waals surface area contributed by atoms with E-state index in [1.165, 1.54) is 12.3 Å². The van der Waals surface area contributed by atoms with Gasteiger partial charge in [0.1, 0.15) is 13.7 Å². The predicted molar refractivity (Wildman–Crippen MR) is 47.6 cm³/mol. The molecule has 0 saturated heterocycles. The Morgan fingerprint density at radius 2 is 2.00 bits per heavy atom. The molecule has 1 rings (SSSR count). The lowest BCUT2D eigenvalue weighted by Crippen LogP contribution is -2.05. The fourth-order valence-electron chi connectivity index (χ4n) is 0.521. The van der Waals surface area contributed by atoms with Crippen molar-refractivity contribution in [3.8, 4) is 0 Å². The summed E-state index contributed by atoms with van der Waals surface area (Å²) in [4.78, 5) is 3.68. The van der Waals surface area contributed by atoms with Crippen LogP contribution in [-0.2, 0) is 0 Å². The van der Waals surface area contributed by atoms with Gasteiger partial charge in [0.15, 0.2) is 0 Å². The molecule has 0 saturated carbocycles. The molecule has 0 unspecified atom stereocenters. The molecule has 2 nitrogen and oxygen atoms in total. The highest BCUT2D eigenvalue weighted by molar-refractivity contribution is 6.32. The quantitative estimate of drug-likeness (QED) is 0.565. The lowest BCUT2D eigenvalue weighted by Gasteiger charge is -1.94. The molecule has 0 bridgehead atoms. The average Bonchev–Trinajstić information content (AvgIpc) is 1.80. The molecule has 3 N–H and O–H groups in total. The first kappa shape index (κ1) is 17.3. The van der Waals surface area contributed by atoms with Gasteiger partial charge in [0.05, 0.1) is 5.69 Å². The summed E-state index contributed by atoms with van der Waals surface area (Å²) in [5.41, 5.74) is 0.738. The summed E-state index contributed by atoms with van der Waals surface area (Å²) in [6.45, 7) is 1.59. The minimum absolute atomic E-state index is 0. The number of halogens is 2. The van der Waals surface area contributed by atoms with E-state index >= 15 is 0 Å². The second-order valence-corrected chi connectivity index (χ2v) is 1.84. The van der Waals surface area contributed by atoms with Crippen LogP contribution in [0.3, 0.4) is 0 Å². The van der Waals surface area contributed by atoms with E-state index in [1.54, 1.807) is 6.92 Å². The van der Waals surface area contributed by atoms with E-state index in [0.717, 1.165) is 0 Å². The van der Waals surface area contributed by atoms with Crippen LogP contribution in [0.4, 0.5) is 9.09 Å². The predicted octanol–water partition coefficient (Wildman–Crippen LogP) is 0.257. The third-order valence-electron chi connectivity index (χ3n) is 1.05. The normalized spacial score (nSPS) is 7.17. The molecule has 5 radical (unpaired) electrons. The van der Waals surface area contributed by atoms with E-state index < -0.39 is 0 Å². The number of aryl methyl sites for hydroxylation is 1. The molecular weight excluding hydrogens is 160 g/mol. The number of rotatable bonds is 0. The number of hydrogen-bond donors (Lipinski definition) is 1. The fourth-order valence-corrected chi connectivity index (χ4v) is 0.521. The standard InChI is InChI=1S/C6H5BFN.B.FH.H3N/c1-4-6(8)2-5(7)3-9-4;;;/h2-3H,1H3;;1H;1H3. The van der Waals surface area contributed by atoms with Crippen molar-refractivity contribution in [1.29, 1.82) is 0 Å². The lowest BCUT2D eigenvalue weighted by atomic mass is 9.99. The number of aromatic nitrogens is 1. The summed E-state index contributed by atoms with van der Waals surface area (Å²) in [6.07, 6.45) is 1.43. The molecule has 63 valence electrons. The number of pyridine rings is 1. The fraction of sp³-hybridized carbons (Fsp3) is 0.167. The smallest absolute Gasteiger partial charge is 0.143 e. The highest BCUT2D eigenvalue weighted by Crippen LogP contribution is 1.96. The molecule has 0 aromatic carbocycles. The van der Waals surface area contributed by atoms with Crippen LogP contribution in [0.5, 0.6) is 0 Å². The molecule has 1 aromatic heterocycles. The van der Waals surface area contributed by atoms with E-state index in [1.807, 2.05) is 0 Å². The van der Waals surface area contributed by atoms with E-state index in [9.17, 15) is 4.39 Å². The molecule has 0 aliphatic carbocycles. The largest absolute Gasteiger partial charge is 0.344 e. The molecule has 1 aromatic rings. The van der Waals surface area contributed by atoms with Gasteiger partial charge in [-0.3, -0.25) is 9.69 Å². The number of hydrogen-bond acceptors (Lipinski definition) is 2. The Morgan fingerprint density at radius 3 is 2.33 bits per heavy atom. The van der Waals surface area contributed by atoms with Gasteiger partial charge >= 0.3 is 0 Å². The van der Waals surface area contributed by atoms with E-state index in [-0.39, 0.29) is 25.1 Å². The van der Waals surface area contributed by atoms with Gasteiger partial charge in [0, 0.05) is 14.6 Å². The van der Waals surface area contributed by atoms with Crippen LogP contribution < -0.4 is 11.6 Å². The van der Waals surface area contributed by atoms with Crippen molar-refractivity contribution in [2.75, 3.05) is 0 Å². The van der Waals surface area contributed by atoms with Crippen LogP contribution in [0, 0.1) is 12.7 Å². The maximum absolute atomic E-state index is 12.4. The maximum atomic E-state index is 12.4. The molecule has 6 heteroatoms. The molecule has 0 aliphatic heterocycles. The minimum Gasteiger partial charge on any atom is -0.344 e. The summed E-state index contributed by atoms with van der Waals surface area (Å²) in [5.74, 6) is -0.352. The summed E-state index contributed by atoms with van der Waals surface area (Å²) in [5, 5.41) is 0. The zero-order valence-electron chi connectivity index (χ0n) is 6.75. The molecule has 0 amide bonds. The van der Waals surface area contributed by atoms with Gasteiger partial charge in [-0.15, -0.1) is 0 Å². The zero-order valence-corrected chi connectivity index (χ0v) is 6.75. The Hall–Kier alpha value is -0.900. The number of nitrogens with zero attached hydrogens (tertiary/aromatic N) is 1. The summed E-state index contributed by atoms with van der Waals surface area (Å²) < 4.78 is 12.4. The maximum Gasteiger partial charge on any atom is 0.143 e. The monoisotopic (exact) mass is 169 g/mol. The first-order valence-electron chi connectivity index (χ1n) is 2.58. The van der Waals surface area contributed by atoms with Gasteiger partial charge in [0.25, 0.3) is 0 Å². The van der Waals surface area contributed by atoms with Crippen molar-refractivity contribution in [3.05, 3.63) is 23.8 Å². The third kappa shape index (κ3) is 4.08. The molecule has 12 heavy (non-hydrogen) atoms. The van der Waals surface area contributed by atoms with Crippen molar-refractivity contribution in [3.63, 3.8) is 0 Å². The van der Waals surface area contributed by atoms with E-state index in [2.05, 4.69) is 4.98 Å². The van der Waals surface area contributed by atoms with Crippen molar-refractivity contribution in [1.82, 2.24) is 11.1 Å². The molecule has 0 atom stereocenters.